The molecule has 0 saturated heterocycles. The molecule has 1 atom stereocenters. The average molecular weight is 271 g/mol. The first-order valence-corrected chi connectivity index (χ1v) is 6.83. The lowest BCUT2D eigenvalue weighted by atomic mass is 10.1. The number of thiophene rings is 1. The molecule has 2 heterocycles. The Labute approximate surface area is 110 Å². The molecule has 5 heteroatoms. The fraction of sp³-hybridized carbons (Fsp3) is 0.417. The highest BCUT2D eigenvalue weighted by Gasteiger charge is 2.20. The Balaban J connectivity index is 2.24. The summed E-state index contributed by atoms with van der Waals surface area (Å²) in [5.41, 5.74) is 1.82. The molecule has 17 heavy (non-hydrogen) atoms. The molecule has 92 valence electrons. The van der Waals surface area contributed by atoms with Gasteiger partial charge in [-0.25, -0.2) is 0 Å². The molecule has 0 amide bonds. The first-order valence-electron chi connectivity index (χ1n) is 5.51. The summed E-state index contributed by atoms with van der Waals surface area (Å²) < 4.78 is 1.78. The minimum absolute atomic E-state index is 0.189. The second-order valence-electron chi connectivity index (χ2n) is 4.27. The van der Waals surface area contributed by atoms with Crippen molar-refractivity contribution in [3.8, 4) is 0 Å². The van der Waals surface area contributed by atoms with Crippen LogP contribution in [0.2, 0.25) is 5.02 Å². The molecule has 2 aromatic heterocycles. The van der Waals surface area contributed by atoms with Gasteiger partial charge in [-0.15, -0.1) is 0 Å². The Morgan fingerprint density at radius 2 is 2.29 bits per heavy atom. The third-order valence-electron chi connectivity index (χ3n) is 2.60. The van der Waals surface area contributed by atoms with Gasteiger partial charge in [0.15, 0.2) is 0 Å². The summed E-state index contributed by atoms with van der Waals surface area (Å²) in [5.74, 6) is 0. The molecule has 0 aliphatic heterocycles. The van der Waals surface area contributed by atoms with E-state index in [1.807, 2.05) is 30.7 Å². The van der Waals surface area contributed by atoms with E-state index >= 15 is 0 Å². The molecular weight excluding hydrogens is 256 g/mol. The van der Waals surface area contributed by atoms with E-state index in [-0.39, 0.29) is 6.04 Å². The molecule has 1 N–H and O–H groups in total. The highest BCUT2D eigenvalue weighted by Crippen LogP contribution is 2.28. The maximum absolute atomic E-state index is 10.3. The summed E-state index contributed by atoms with van der Waals surface area (Å²) in [7, 11) is 0. The molecule has 0 bridgehead atoms. The van der Waals surface area contributed by atoms with Crippen molar-refractivity contribution in [1.82, 2.24) is 9.78 Å². The van der Waals surface area contributed by atoms with Gasteiger partial charge in [0, 0.05) is 12.5 Å². The fourth-order valence-corrected chi connectivity index (χ4v) is 2.74. The van der Waals surface area contributed by atoms with Crippen LogP contribution in [0.1, 0.15) is 37.3 Å². The van der Waals surface area contributed by atoms with Gasteiger partial charge in [-0.3, -0.25) is 4.68 Å². The molecule has 0 aliphatic carbocycles. The van der Waals surface area contributed by atoms with E-state index in [4.69, 9.17) is 11.6 Å². The van der Waals surface area contributed by atoms with E-state index in [2.05, 4.69) is 5.10 Å². The lowest BCUT2D eigenvalue weighted by Gasteiger charge is -2.16. The van der Waals surface area contributed by atoms with Crippen molar-refractivity contribution >= 4 is 22.9 Å². The smallest absolute Gasteiger partial charge is 0.101 e. The van der Waals surface area contributed by atoms with Gasteiger partial charge in [0.1, 0.15) is 6.10 Å². The van der Waals surface area contributed by atoms with E-state index in [0.717, 1.165) is 5.56 Å². The zero-order valence-corrected chi connectivity index (χ0v) is 11.4. The second-order valence-corrected chi connectivity index (χ2v) is 5.45. The monoisotopic (exact) mass is 270 g/mol. The number of halogens is 1. The third-order valence-corrected chi connectivity index (χ3v) is 3.62. The topological polar surface area (TPSA) is 38.0 Å². The number of aliphatic hydroxyl groups excluding tert-OH is 1. The standard InChI is InChI=1S/C12H15ClN2OS/c1-8(2)15-12(10(13)6-14-15)11(16)5-9-3-4-17-7-9/h3-4,6-8,11,16H,5H2,1-2H3. The molecule has 2 rings (SSSR count). The van der Waals surface area contributed by atoms with Crippen molar-refractivity contribution < 1.29 is 5.11 Å². The van der Waals surface area contributed by atoms with Crippen LogP contribution in [0.25, 0.3) is 0 Å². The van der Waals surface area contributed by atoms with Gasteiger partial charge in [0.25, 0.3) is 0 Å². The highest BCUT2D eigenvalue weighted by atomic mass is 35.5. The zero-order valence-electron chi connectivity index (χ0n) is 9.80. The van der Waals surface area contributed by atoms with Crippen LogP contribution < -0.4 is 0 Å². The maximum atomic E-state index is 10.3. The third kappa shape index (κ3) is 2.70. The van der Waals surface area contributed by atoms with Crippen LogP contribution in [-0.4, -0.2) is 14.9 Å². The molecule has 0 aliphatic rings. The lowest BCUT2D eigenvalue weighted by molar-refractivity contribution is 0.165. The fourth-order valence-electron chi connectivity index (χ4n) is 1.80. The number of aliphatic hydroxyl groups is 1. The van der Waals surface area contributed by atoms with Crippen LogP contribution in [0, 0.1) is 0 Å². The summed E-state index contributed by atoms with van der Waals surface area (Å²) in [5, 5.41) is 19.0. The predicted octanol–water partition coefficient (Wildman–Crippen LogP) is 3.46. The normalized spacial score (nSPS) is 13.2. The predicted molar refractivity (Wildman–Crippen MR) is 70.6 cm³/mol. The van der Waals surface area contributed by atoms with E-state index in [1.165, 1.54) is 0 Å². The van der Waals surface area contributed by atoms with Crippen molar-refractivity contribution in [2.75, 3.05) is 0 Å². The zero-order chi connectivity index (χ0) is 12.4. The minimum atomic E-state index is -0.609. The molecule has 1 unspecified atom stereocenters. The Morgan fingerprint density at radius 1 is 1.53 bits per heavy atom. The Kier molecular flexibility index (Phi) is 3.86. The molecule has 0 fully saturated rings. The molecular formula is C12H15ClN2OS. The molecule has 0 saturated carbocycles. The maximum Gasteiger partial charge on any atom is 0.101 e. The van der Waals surface area contributed by atoms with Crippen molar-refractivity contribution in [3.05, 3.63) is 39.3 Å². The summed E-state index contributed by atoms with van der Waals surface area (Å²) in [6.07, 6.45) is 1.55. The van der Waals surface area contributed by atoms with Crippen molar-refractivity contribution in [2.45, 2.75) is 32.4 Å². The van der Waals surface area contributed by atoms with E-state index in [0.29, 0.717) is 17.1 Å². The van der Waals surface area contributed by atoms with Gasteiger partial charge in [0.05, 0.1) is 16.9 Å². The summed E-state index contributed by atoms with van der Waals surface area (Å²) in [6, 6.07) is 2.20. The van der Waals surface area contributed by atoms with Crippen LogP contribution in [0.3, 0.4) is 0 Å². The summed E-state index contributed by atoms with van der Waals surface area (Å²) in [6.45, 7) is 4.04. The number of hydrogen-bond donors (Lipinski definition) is 1. The van der Waals surface area contributed by atoms with Crippen molar-refractivity contribution in [1.29, 1.82) is 0 Å². The van der Waals surface area contributed by atoms with Gasteiger partial charge in [-0.1, -0.05) is 11.6 Å². The second kappa shape index (κ2) is 5.21. The van der Waals surface area contributed by atoms with Crippen LogP contribution in [-0.2, 0) is 6.42 Å². The molecule has 2 aromatic rings. The lowest BCUT2D eigenvalue weighted by Crippen LogP contribution is -2.13. The first-order chi connectivity index (χ1) is 8.09. The minimum Gasteiger partial charge on any atom is -0.386 e. The largest absolute Gasteiger partial charge is 0.386 e. The number of nitrogens with zero attached hydrogens (tertiary/aromatic N) is 2. The van der Waals surface area contributed by atoms with Gasteiger partial charge < -0.3 is 5.11 Å². The molecule has 0 radical (unpaired) electrons. The Bertz CT molecular complexity index is 479. The van der Waals surface area contributed by atoms with Crippen LogP contribution in [0.5, 0.6) is 0 Å². The van der Waals surface area contributed by atoms with Crippen LogP contribution >= 0.6 is 22.9 Å². The van der Waals surface area contributed by atoms with E-state index < -0.39 is 6.10 Å². The first kappa shape index (κ1) is 12.6. The number of rotatable bonds is 4. The Hall–Kier alpha value is -0.840. The quantitative estimate of drug-likeness (QED) is 0.924. The van der Waals surface area contributed by atoms with Crippen LogP contribution in [0.4, 0.5) is 0 Å². The Morgan fingerprint density at radius 3 is 2.88 bits per heavy atom. The number of aromatic nitrogens is 2. The van der Waals surface area contributed by atoms with Gasteiger partial charge in [-0.05, 0) is 36.2 Å². The molecule has 0 spiro atoms. The van der Waals surface area contributed by atoms with Gasteiger partial charge in [0.2, 0.25) is 0 Å². The SMILES string of the molecule is CC(C)n1ncc(Cl)c1C(O)Cc1ccsc1. The van der Waals surface area contributed by atoms with Gasteiger partial charge in [-0.2, -0.15) is 16.4 Å². The highest BCUT2D eigenvalue weighted by molar-refractivity contribution is 7.07. The molecule has 0 aromatic carbocycles. The van der Waals surface area contributed by atoms with Crippen molar-refractivity contribution in [2.24, 2.45) is 0 Å². The summed E-state index contributed by atoms with van der Waals surface area (Å²) >= 11 is 7.71. The van der Waals surface area contributed by atoms with Gasteiger partial charge >= 0.3 is 0 Å². The van der Waals surface area contributed by atoms with Crippen molar-refractivity contribution in [3.63, 3.8) is 0 Å². The van der Waals surface area contributed by atoms with E-state index in [1.54, 1.807) is 22.2 Å². The number of hydrogen-bond acceptors (Lipinski definition) is 3. The average Bonchev–Trinajstić information content (AvgIpc) is 2.86. The van der Waals surface area contributed by atoms with Crippen LogP contribution in [0.15, 0.2) is 23.0 Å². The molecule has 3 nitrogen and oxygen atoms in total. The summed E-state index contributed by atoms with van der Waals surface area (Å²) in [4.78, 5) is 0. The van der Waals surface area contributed by atoms with E-state index in [9.17, 15) is 5.11 Å².